The van der Waals surface area contributed by atoms with E-state index < -0.39 is 0 Å². The molecule has 150 valence electrons. The Bertz CT molecular complexity index is 1140. The summed E-state index contributed by atoms with van der Waals surface area (Å²) in [5.41, 5.74) is 9.26. The molecule has 8 nitrogen and oxygen atoms in total. The van der Waals surface area contributed by atoms with E-state index in [4.69, 9.17) is 19.6 Å². The first kappa shape index (κ1) is 18.0. The maximum absolute atomic E-state index is 6.17. The molecule has 1 aliphatic heterocycles. The van der Waals surface area contributed by atoms with Crippen LogP contribution in [0, 0.1) is 0 Å². The standard InChI is InChI=1S/C21H23N5O3/c1-14(22)13-28-21-6-5-20-23-12-17(26(20)24-21)19-11-15-16(3-2-4-18(15)29-19)25-7-9-27-10-8-25/h2-6,11-12,14H,7-10,13,22H2,1H3/t14-/m1/s1. The number of fused-ring (bicyclic) bond motifs is 2. The number of nitrogens with zero attached hydrogens (tertiary/aromatic N) is 4. The monoisotopic (exact) mass is 393 g/mol. The zero-order chi connectivity index (χ0) is 19.8. The second kappa shape index (κ2) is 7.38. The van der Waals surface area contributed by atoms with Crippen LogP contribution < -0.4 is 15.4 Å². The Morgan fingerprint density at radius 3 is 2.90 bits per heavy atom. The van der Waals surface area contributed by atoms with Gasteiger partial charge in [0.15, 0.2) is 11.4 Å². The van der Waals surface area contributed by atoms with Crippen molar-refractivity contribution in [3.8, 4) is 17.3 Å². The summed E-state index contributed by atoms with van der Waals surface area (Å²) in [6.45, 7) is 5.51. The average Bonchev–Trinajstić information content (AvgIpc) is 3.36. The molecule has 4 aromatic rings. The van der Waals surface area contributed by atoms with Gasteiger partial charge in [0.1, 0.15) is 17.9 Å². The minimum atomic E-state index is -0.0660. The third-order valence-electron chi connectivity index (χ3n) is 4.97. The summed E-state index contributed by atoms with van der Waals surface area (Å²) in [6.07, 6.45) is 1.77. The van der Waals surface area contributed by atoms with E-state index >= 15 is 0 Å². The number of furan rings is 1. The van der Waals surface area contributed by atoms with E-state index in [1.54, 1.807) is 16.8 Å². The van der Waals surface area contributed by atoms with Gasteiger partial charge in [0.05, 0.1) is 19.4 Å². The Balaban J connectivity index is 1.55. The lowest BCUT2D eigenvalue weighted by Crippen LogP contribution is -2.36. The molecule has 1 saturated heterocycles. The Morgan fingerprint density at radius 2 is 2.07 bits per heavy atom. The molecule has 1 atom stereocenters. The number of benzene rings is 1. The number of imidazole rings is 1. The number of hydrogen-bond acceptors (Lipinski definition) is 7. The van der Waals surface area contributed by atoms with Crippen LogP contribution in [0.1, 0.15) is 6.92 Å². The molecule has 1 aromatic carbocycles. The van der Waals surface area contributed by atoms with Crippen molar-refractivity contribution < 1.29 is 13.9 Å². The number of ether oxygens (including phenoxy) is 2. The predicted octanol–water partition coefficient (Wildman–Crippen LogP) is 2.71. The van der Waals surface area contributed by atoms with Crippen LogP contribution >= 0.6 is 0 Å². The second-order valence-electron chi connectivity index (χ2n) is 7.27. The highest BCUT2D eigenvalue weighted by molar-refractivity contribution is 5.94. The Morgan fingerprint density at radius 1 is 1.21 bits per heavy atom. The highest BCUT2D eigenvalue weighted by atomic mass is 16.5. The average molecular weight is 393 g/mol. The summed E-state index contributed by atoms with van der Waals surface area (Å²) in [5.74, 6) is 1.21. The second-order valence-corrected chi connectivity index (χ2v) is 7.27. The summed E-state index contributed by atoms with van der Waals surface area (Å²) in [7, 11) is 0. The van der Waals surface area contributed by atoms with E-state index in [1.807, 2.05) is 25.1 Å². The lowest BCUT2D eigenvalue weighted by molar-refractivity contribution is 0.123. The fraction of sp³-hybridized carbons (Fsp3) is 0.333. The molecule has 0 spiro atoms. The van der Waals surface area contributed by atoms with Crippen LogP contribution in [0.25, 0.3) is 28.1 Å². The molecule has 4 heterocycles. The van der Waals surface area contributed by atoms with Gasteiger partial charge in [0.25, 0.3) is 0 Å². The molecule has 29 heavy (non-hydrogen) atoms. The fourth-order valence-corrected chi connectivity index (χ4v) is 3.57. The third-order valence-corrected chi connectivity index (χ3v) is 4.97. The molecule has 1 aliphatic rings. The van der Waals surface area contributed by atoms with Crippen LogP contribution in [-0.4, -0.2) is 53.6 Å². The topological polar surface area (TPSA) is 91.0 Å². The molecule has 0 aliphatic carbocycles. The van der Waals surface area contributed by atoms with Gasteiger partial charge in [-0.25, -0.2) is 9.50 Å². The number of anilines is 1. The minimum absolute atomic E-state index is 0.0660. The zero-order valence-electron chi connectivity index (χ0n) is 16.2. The largest absolute Gasteiger partial charge is 0.475 e. The summed E-state index contributed by atoms with van der Waals surface area (Å²) >= 11 is 0. The number of morpholine rings is 1. The molecule has 1 fully saturated rings. The van der Waals surface area contributed by atoms with E-state index in [1.165, 1.54) is 0 Å². The zero-order valence-corrected chi connectivity index (χ0v) is 16.2. The van der Waals surface area contributed by atoms with Gasteiger partial charge >= 0.3 is 0 Å². The first-order valence-electron chi connectivity index (χ1n) is 9.78. The van der Waals surface area contributed by atoms with Crippen molar-refractivity contribution in [3.05, 3.63) is 42.6 Å². The molecule has 8 heteroatoms. The Hall–Kier alpha value is -3.10. The van der Waals surface area contributed by atoms with Crippen molar-refractivity contribution in [2.75, 3.05) is 37.8 Å². The van der Waals surface area contributed by atoms with Crippen LogP contribution in [0.5, 0.6) is 5.88 Å². The smallest absolute Gasteiger partial charge is 0.231 e. The SMILES string of the molecule is C[C@@H](N)COc1ccc2ncc(-c3cc4c(N5CCOCC5)cccc4o3)n2n1. The maximum atomic E-state index is 6.17. The van der Waals surface area contributed by atoms with Crippen LogP contribution in [0.4, 0.5) is 5.69 Å². The number of hydrogen-bond donors (Lipinski definition) is 1. The lowest BCUT2D eigenvalue weighted by atomic mass is 10.2. The maximum Gasteiger partial charge on any atom is 0.231 e. The Kier molecular flexibility index (Phi) is 4.57. The summed E-state index contributed by atoms with van der Waals surface area (Å²) in [5, 5.41) is 5.63. The molecule has 2 N–H and O–H groups in total. The van der Waals surface area contributed by atoms with Gasteiger partial charge in [-0.15, -0.1) is 5.10 Å². The predicted molar refractivity (Wildman–Crippen MR) is 110 cm³/mol. The van der Waals surface area contributed by atoms with Gasteiger partial charge in [-0.3, -0.25) is 0 Å². The molecule has 5 rings (SSSR count). The molecule has 0 radical (unpaired) electrons. The number of rotatable bonds is 5. The van der Waals surface area contributed by atoms with Crippen molar-refractivity contribution >= 4 is 22.3 Å². The van der Waals surface area contributed by atoms with Gasteiger partial charge in [-0.05, 0) is 31.2 Å². The van der Waals surface area contributed by atoms with Crippen molar-refractivity contribution in [1.29, 1.82) is 0 Å². The molecule has 0 amide bonds. The fourth-order valence-electron chi connectivity index (χ4n) is 3.57. The van der Waals surface area contributed by atoms with Gasteiger partial charge in [0, 0.05) is 36.3 Å². The van der Waals surface area contributed by atoms with E-state index in [-0.39, 0.29) is 6.04 Å². The third kappa shape index (κ3) is 3.41. The summed E-state index contributed by atoms with van der Waals surface area (Å²) in [4.78, 5) is 6.78. The van der Waals surface area contributed by atoms with E-state index in [9.17, 15) is 0 Å². The molecule has 0 bridgehead atoms. The van der Waals surface area contributed by atoms with Crippen molar-refractivity contribution in [2.24, 2.45) is 5.73 Å². The van der Waals surface area contributed by atoms with E-state index in [0.29, 0.717) is 18.2 Å². The van der Waals surface area contributed by atoms with Crippen molar-refractivity contribution in [3.63, 3.8) is 0 Å². The van der Waals surface area contributed by atoms with Gasteiger partial charge in [-0.2, -0.15) is 0 Å². The lowest BCUT2D eigenvalue weighted by Gasteiger charge is -2.29. The summed E-state index contributed by atoms with van der Waals surface area (Å²) in [6, 6.07) is 11.8. The number of aromatic nitrogens is 3. The van der Waals surface area contributed by atoms with Gasteiger partial charge in [0.2, 0.25) is 5.88 Å². The van der Waals surface area contributed by atoms with Crippen molar-refractivity contribution in [1.82, 2.24) is 14.6 Å². The van der Waals surface area contributed by atoms with E-state index in [2.05, 4.69) is 27.1 Å². The van der Waals surface area contributed by atoms with Crippen LogP contribution in [-0.2, 0) is 4.74 Å². The summed E-state index contributed by atoms with van der Waals surface area (Å²) < 4.78 is 19.1. The van der Waals surface area contributed by atoms with Crippen LogP contribution in [0.3, 0.4) is 0 Å². The Labute approximate surface area is 167 Å². The van der Waals surface area contributed by atoms with Crippen LogP contribution in [0.2, 0.25) is 0 Å². The molecule has 0 saturated carbocycles. The molecule has 0 unspecified atom stereocenters. The van der Waals surface area contributed by atoms with Gasteiger partial charge in [-0.1, -0.05) is 6.07 Å². The minimum Gasteiger partial charge on any atom is -0.475 e. The first-order valence-corrected chi connectivity index (χ1v) is 9.78. The normalized spacial score (nSPS) is 15.9. The van der Waals surface area contributed by atoms with Crippen LogP contribution in [0.15, 0.2) is 47.0 Å². The highest BCUT2D eigenvalue weighted by Crippen LogP contribution is 2.34. The first-order chi connectivity index (χ1) is 14.2. The van der Waals surface area contributed by atoms with Gasteiger partial charge < -0.3 is 24.5 Å². The highest BCUT2D eigenvalue weighted by Gasteiger charge is 2.18. The molecule has 3 aromatic heterocycles. The van der Waals surface area contributed by atoms with E-state index in [0.717, 1.165) is 54.3 Å². The molecular formula is C21H23N5O3. The quantitative estimate of drug-likeness (QED) is 0.557. The molecular weight excluding hydrogens is 370 g/mol. The number of nitrogens with two attached hydrogens (primary N) is 1. The van der Waals surface area contributed by atoms with Crippen molar-refractivity contribution in [2.45, 2.75) is 13.0 Å².